The van der Waals surface area contributed by atoms with Crippen LogP contribution in [0.3, 0.4) is 0 Å². The maximum absolute atomic E-state index is 6.09. The van der Waals surface area contributed by atoms with Crippen LogP contribution in [0.2, 0.25) is 6.04 Å². The fraction of sp³-hybridized carbons (Fsp3) is 0.571. The van der Waals surface area contributed by atoms with Crippen LogP contribution < -0.4 is 0 Å². The topological polar surface area (TPSA) is 18.5 Å². The summed E-state index contributed by atoms with van der Waals surface area (Å²) in [5, 5.41) is 0. The minimum Gasteiger partial charge on any atom is -0.394 e. The largest absolute Gasteiger partial charge is 0.394 e. The van der Waals surface area contributed by atoms with Gasteiger partial charge >= 0.3 is 8.56 Å². The average molecular weight is 252 g/mol. The summed E-state index contributed by atoms with van der Waals surface area (Å²) in [6, 6.07) is 12.5. The Bertz CT molecular complexity index is 302. The fourth-order valence-electron chi connectivity index (χ4n) is 1.93. The third-order valence-electron chi connectivity index (χ3n) is 2.83. The SMILES string of the molecule is CCCO[Si](CC)(Cc1ccccc1)OCC. The van der Waals surface area contributed by atoms with Crippen LogP contribution in [0, 0.1) is 0 Å². The molecule has 0 bridgehead atoms. The van der Waals surface area contributed by atoms with Gasteiger partial charge in [-0.1, -0.05) is 44.2 Å². The fourth-order valence-corrected chi connectivity index (χ4v) is 4.84. The molecule has 0 fully saturated rings. The normalized spacial score (nSPS) is 14.5. The van der Waals surface area contributed by atoms with E-state index < -0.39 is 8.56 Å². The van der Waals surface area contributed by atoms with Crippen LogP contribution in [0.25, 0.3) is 0 Å². The van der Waals surface area contributed by atoms with E-state index in [0.717, 1.165) is 31.7 Å². The van der Waals surface area contributed by atoms with Gasteiger partial charge in [0.25, 0.3) is 0 Å². The summed E-state index contributed by atoms with van der Waals surface area (Å²) in [6.45, 7) is 7.94. The number of hydrogen-bond donors (Lipinski definition) is 0. The molecule has 1 rings (SSSR count). The highest BCUT2D eigenvalue weighted by Crippen LogP contribution is 2.19. The Morgan fingerprint density at radius 3 is 2.24 bits per heavy atom. The van der Waals surface area contributed by atoms with Crippen molar-refractivity contribution in [3.8, 4) is 0 Å². The van der Waals surface area contributed by atoms with Gasteiger partial charge in [-0.2, -0.15) is 0 Å². The molecule has 0 saturated carbocycles. The van der Waals surface area contributed by atoms with E-state index in [-0.39, 0.29) is 0 Å². The predicted molar refractivity (Wildman–Crippen MR) is 74.3 cm³/mol. The predicted octanol–water partition coefficient (Wildman–Crippen LogP) is 3.69. The van der Waals surface area contributed by atoms with Crippen molar-refractivity contribution in [1.82, 2.24) is 0 Å². The summed E-state index contributed by atoms with van der Waals surface area (Å²) in [6.07, 6.45) is 1.05. The van der Waals surface area contributed by atoms with E-state index in [2.05, 4.69) is 45.0 Å². The Kier molecular flexibility index (Phi) is 6.48. The minimum atomic E-state index is -2.03. The highest BCUT2D eigenvalue weighted by atomic mass is 28.4. The van der Waals surface area contributed by atoms with Crippen molar-refractivity contribution in [1.29, 1.82) is 0 Å². The molecule has 0 aliphatic heterocycles. The van der Waals surface area contributed by atoms with Gasteiger partial charge in [0.2, 0.25) is 0 Å². The van der Waals surface area contributed by atoms with Crippen molar-refractivity contribution < 1.29 is 8.85 Å². The third-order valence-corrected chi connectivity index (χ3v) is 6.40. The van der Waals surface area contributed by atoms with Crippen molar-refractivity contribution in [2.75, 3.05) is 13.2 Å². The molecule has 0 aliphatic carbocycles. The lowest BCUT2D eigenvalue weighted by Crippen LogP contribution is -2.44. The van der Waals surface area contributed by atoms with E-state index in [1.54, 1.807) is 0 Å². The molecule has 0 amide bonds. The van der Waals surface area contributed by atoms with Gasteiger partial charge in [-0.3, -0.25) is 0 Å². The standard InChI is InChI=1S/C14H24O2Si/c1-4-12-16-17(6-3,15-5-2)13-14-10-8-7-9-11-14/h7-11H,4-6,12-13H2,1-3H3. The molecule has 0 aromatic heterocycles. The smallest absolute Gasteiger partial charge is 0.342 e. The van der Waals surface area contributed by atoms with Gasteiger partial charge in [0.05, 0.1) is 0 Å². The molecule has 0 N–H and O–H groups in total. The van der Waals surface area contributed by atoms with E-state index in [1.165, 1.54) is 5.56 Å². The maximum Gasteiger partial charge on any atom is 0.342 e. The first-order chi connectivity index (χ1) is 8.26. The van der Waals surface area contributed by atoms with Crippen molar-refractivity contribution in [3.05, 3.63) is 35.9 Å². The van der Waals surface area contributed by atoms with Gasteiger partial charge in [-0.05, 0) is 25.0 Å². The molecule has 0 heterocycles. The Hall–Kier alpha value is -0.643. The van der Waals surface area contributed by atoms with Gasteiger partial charge in [-0.25, -0.2) is 0 Å². The second-order valence-corrected chi connectivity index (χ2v) is 7.67. The molecule has 2 nitrogen and oxygen atoms in total. The van der Waals surface area contributed by atoms with Crippen molar-refractivity contribution in [2.24, 2.45) is 0 Å². The lowest BCUT2D eigenvalue weighted by Gasteiger charge is -2.29. The Labute approximate surface area is 106 Å². The molecule has 0 radical (unpaired) electrons. The van der Waals surface area contributed by atoms with Gasteiger partial charge < -0.3 is 8.85 Å². The Morgan fingerprint density at radius 1 is 1.00 bits per heavy atom. The molecular weight excluding hydrogens is 228 g/mol. The van der Waals surface area contributed by atoms with Crippen LogP contribution in [-0.2, 0) is 14.9 Å². The van der Waals surface area contributed by atoms with Gasteiger partial charge in [-0.15, -0.1) is 0 Å². The third kappa shape index (κ3) is 4.62. The summed E-state index contributed by atoms with van der Waals surface area (Å²) in [4.78, 5) is 0. The molecule has 3 heteroatoms. The lowest BCUT2D eigenvalue weighted by atomic mass is 10.2. The summed E-state index contributed by atoms with van der Waals surface area (Å²) in [5.41, 5.74) is 1.32. The summed E-state index contributed by atoms with van der Waals surface area (Å²) >= 11 is 0. The number of hydrogen-bond acceptors (Lipinski definition) is 2. The van der Waals surface area contributed by atoms with E-state index in [1.807, 2.05) is 6.07 Å². The van der Waals surface area contributed by atoms with Crippen LogP contribution in [-0.4, -0.2) is 21.8 Å². The maximum atomic E-state index is 6.09. The molecule has 96 valence electrons. The molecule has 1 atom stereocenters. The van der Waals surface area contributed by atoms with Crippen LogP contribution in [0.1, 0.15) is 32.8 Å². The quantitative estimate of drug-likeness (QED) is 0.657. The first-order valence-corrected chi connectivity index (χ1v) is 8.81. The number of benzene rings is 1. The zero-order chi connectivity index (χ0) is 12.6. The highest BCUT2D eigenvalue weighted by molar-refractivity contribution is 6.66. The Balaban J connectivity index is 2.74. The molecule has 1 aromatic rings. The first kappa shape index (κ1) is 14.4. The Morgan fingerprint density at radius 2 is 1.71 bits per heavy atom. The minimum absolute atomic E-state index is 0.747. The summed E-state index contributed by atoms with van der Waals surface area (Å²) < 4.78 is 12.1. The molecular formula is C14H24O2Si. The van der Waals surface area contributed by atoms with E-state index in [9.17, 15) is 0 Å². The molecule has 1 aromatic carbocycles. The van der Waals surface area contributed by atoms with Crippen LogP contribution in [0.4, 0.5) is 0 Å². The lowest BCUT2D eigenvalue weighted by molar-refractivity contribution is 0.175. The second kappa shape index (κ2) is 7.64. The monoisotopic (exact) mass is 252 g/mol. The zero-order valence-electron chi connectivity index (χ0n) is 11.2. The second-order valence-electron chi connectivity index (χ2n) is 4.21. The van der Waals surface area contributed by atoms with Crippen molar-refractivity contribution in [2.45, 2.75) is 39.3 Å². The van der Waals surface area contributed by atoms with E-state index >= 15 is 0 Å². The molecule has 0 spiro atoms. The van der Waals surface area contributed by atoms with Crippen LogP contribution in [0.15, 0.2) is 30.3 Å². The van der Waals surface area contributed by atoms with Crippen LogP contribution >= 0.6 is 0 Å². The molecule has 0 aliphatic rings. The summed E-state index contributed by atoms with van der Waals surface area (Å²) in [7, 11) is -2.03. The van der Waals surface area contributed by atoms with Gasteiger partial charge in [0, 0.05) is 19.3 Å². The van der Waals surface area contributed by atoms with E-state index in [4.69, 9.17) is 8.85 Å². The summed E-state index contributed by atoms with van der Waals surface area (Å²) in [5.74, 6) is 0. The van der Waals surface area contributed by atoms with Crippen LogP contribution in [0.5, 0.6) is 0 Å². The van der Waals surface area contributed by atoms with Crippen molar-refractivity contribution in [3.63, 3.8) is 0 Å². The first-order valence-electron chi connectivity index (χ1n) is 6.58. The molecule has 1 unspecified atom stereocenters. The molecule has 17 heavy (non-hydrogen) atoms. The average Bonchev–Trinajstić information content (AvgIpc) is 2.37. The zero-order valence-corrected chi connectivity index (χ0v) is 12.2. The molecule has 0 saturated heterocycles. The van der Waals surface area contributed by atoms with Gasteiger partial charge in [0.15, 0.2) is 0 Å². The van der Waals surface area contributed by atoms with E-state index in [0.29, 0.717) is 0 Å². The van der Waals surface area contributed by atoms with Gasteiger partial charge in [0.1, 0.15) is 0 Å². The van der Waals surface area contributed by atoms with Crippen molar-refractivity contribution >= 4 is 8.56 Å². The highest BCUT2D eigenvalue weighted by Gasteiger charge is 2.35. The number of rotatable bonds is 8.